The maximum Gasteiger partial charge on any atom is 0.409 e. The fourth-order valence-electron chi connectivity index (χ4n) is 2.61. The van der Waals surface area contributed by atoms with E-state index in [1.54, 1.807) is 29.2 Å². The number of nitrogens with zero attached hydrogens (tertiary/aromatic N) is 3. The molecule has 1 saturated heterocycles. The lowest BCUT2D eigenvalue weighted by molar-refractivity contribution is 0.0377. The van der Waals surface area contributed by atoms with Crippen LogP contribution in [-0.2, 0) is 4.74 Å². The topological polar surface area (TPSA) is 86.0 Å². The number of amides is 1. The van der Waals surface area contributed by atoms with Crippen molar-refractivity contribution in [1.29, 1.82) is 5.26 Å². The highest BCUT2D eigenvalue weighted by molar-refractivity contribution is 5.67. The Morgan fingerprint density at radius 3 is 2.42 bits per heavy atom. The number of benzene rings is 1. The number of hydrogen-bond acceptors (Lipinski definition) is 6. The van der Waals surface area contributed by atoms with E-state index in [2.05, 4.69) is 4.90 Å². The van der Waals surface area contributed by atoms with Gasteiger partial charge in [-0.3, -0.25) is 4.90 Å². The van der Waals surface area contributed by atoms with Crippen molar-refractivity contribution in [3.05, 3.63) is 29.8 Å². The first-order valence-electron chi connectivity index (χ1n) is 8.93. The molecule has 1 aliphatic heterocycles. The lowest BCUT2D eigenvalue weighted by Gasteiger charge is -2.35. The Kier molecular flexibility index (Phi) is 7.70. The van der Waals surface area contributed by atoms with E-state index in [4.69, 9.17) is 14.7 Å². The largest absolute Gasteiger partial charge is 0.491 e. The zero-order valence-corrected chi connectivity index (χ0v) is 15.4. The smallest absolute Gasteiger partial charge is 0.409 e. The number of carbonyl (C=O) groups excluding carboxylic acids is 1. The minimum Gasteiger partial charge on any atom is -0.491 e. The Balaban J connectivity index is 1.66. The van der Waals surface area contributed by atoms with Crippen LogP contribution in [0.25, 0.3) is 0 Å². The lowest BCUT2D eigenvalue weighted by atomic mass is 10.2. The molecule has 7 nitrogen and oxygen atoms in total. The van der Waals surface area contributed by atoms with E-state index in [0.717, 1.165) is 0 Å². The molecule has 1 aromatic carbocycles. The third-order valence-corrected chi connectivity index (χ3v) is 4.07. The Labute approximate surface area is 154 Å². The molecule has 2 rings (SSSR count). The van der Waals surface area contributed by atoms with Crippen molar-refractivity contribution in [3.8, 4) is 11.8 Å². The molecule has 1 N–H and O–H groups in total. The van der Waals surface area contributed by atoms with Crippen LogP contribution in [-0.4, -0.2) is 73.0 Å². The number of rotatable bonds is 7. The minimum absolute atomic E-state index is 0.183. The Morgan fingerprint density at radius 1 is 1.19 bits per heavy atom. The molecule has 1 atom stereocenters. The van der Waals surface area contributed by atoms with Crippen LogP contribution in [0.15, 0.2) is 24.3 Å². The minimum atomic E-state index is -0.620. The Morgan fingerprint density at radius 2 is 1.85 bits per heavy atom. The van der Waals surface area contributed by atoms with Crippen LogP contribution in [0.5, 0.6) is 5.75 Å². The van der Waals surface area contributed by atoms with Gasteiger partial charge in [-0.25, -0.2) is 4.79 Å². The second-order valence-corrected chi connectivity index (χ2v) is 6.86. The van der Waals surface area contributed by atoms with E-state index < -0.39 is 6.10 Å². The molecular formula is C19H27N3O4. The van der Waals surface area contributed by atoms with Gasteiger partial charge in [0.2, 0.25) is 0 Å². The number of ether oxygens (including phenoxy) is 2. The van der Waals surface area contributed by atoms with E-state index in [-0.39, 0.29) is 12.7 Å². The number of nitriles is 1. The summed E-state index contributed by atoms with van der Waals surface area (Å²) in [5.74, 6) is 0.951. The fraction of sp³-hybridized carbons (Fsp3) is 0.579. The van der Waals surface area contributed by atoms with E-state index in [9.17, 15) is 9.90 Å². The molecule has 0 aromatic heterocycles. The van der Waals surface area contributed by atoms with Crippen molar-refractivity contribution in [2.45, 2.75) is 20.0 Å². The highest BCUT2D eigenvalue weighted by atomic mass is 16.6. The van der Waals surface area contributed by atoms with Gasteiger partial charge >= 0.3 is 6.09 Å². The van der Waals surface area contributed by atoms with Gasteiger partial charge in [-0.15, -0.1) is 0 Å². The third-order valence-electron chi connectivity index (χ3n) is 4.07. The van der Waals surface area contributed by atoms with Gasteiger partial charge in [0.1, 0.15) is 18.5 Å². The summed E-state index contributed by atoms with van der Waals surface area (Å²) in [7, 11) is 0. The van der Waals surface area contributed by atoms with E-state index >= 15 is 0 Å². The van der Waals surface area contributed by atoms with Crippen LogP contribution in [0.4, 0.5) is 4.79 Å². The molecule has 0 bridgehead atoms. The number of carbonyl (C=O) groups is 1. The summed E-state index contributed by atoms with van der Waals surface area (Å²) in [6, 6.07) is 8.84. The first-order chi connectivity index (χ1) is 12.5. The van der Waals surface area contributed by atoms with Gasteiger partial charge in [-0.1, -0.05) is 13.8 Å². The second-order valence-electron chi connectivity index (χ2n) is 6.86. The molecule has 1 aromatic rings. The highest BCUT2D eigenvalue weighted by Crippen LogP contribution is 2.12. The maximum absolute atomic E-state index is 11.9. The third kappa shape index (κ3) is 6.54. The monoisotopic (exact) mass is 361 g/mol. The van der Waals surface area contributed by atoms with Gasteiger partial charge in [0.05, 0.1) is 18.2 Å². The van der Waals surface area contributed by atoms with Crippen LogP contribution in [0.2, 0.25) is 0 Å². The van der Waals surface area contributed by atoms with Crippen molar-refractivity contribution >= 4 is 6.09 Å². The van der Waals surface area contributed by atoms with Crippen LogP contribution in [0.1, 0.15) is 19.4 Å². The number of hydrogen-bond donors (Lipinski definition) is 1. The van der Waals surface area contributed by atoms with Crippen molar-refractivity contribution in [1.82, 2.24) is 9.80 Å². The average Bonchev–Trinajstić information content (AvgIpc) is 2.65. The molecule has 1 unspecified atom stereocenters. The second kappa shape index (κ2) is 10.00. The quantitative estimate of drug-likeness (QED) is 0.796. The van der Waals surface area contributed by atoms with Gasteiger partial charge in [-0.2, -0.15) is 5.26 Å². The van der Waals surface area contributed by atoms with Gasteiger partial charge in [0, 0.05) is 32.7 Å². The molecule has 1 heterocycles. The van der Waals surface area contributed by atoms with Crippen molar-refractivity contribution in [2.24, 2.45) is 5.92 Å². The van der Waals surface area contributed by atoms with Crippen LogP contribution in [0.3, 0.4) is 0 Å². The summed E-state index contributed by atoms with van der Waals surface area (Å²) in [4.78, 5) is 15.7. The van der Waals surface area contributed by atoms with Crippen molar-refractivity contribution < 1.29 is 19.4 Å². The summed E-state index contributed by atoms with van der Waals surface area (Å²) in [6.07, 6.45) is -0.881. The molecular weight excluding hydrogens is 334 g/mol. The van der Waals surface area contributed by atoms with Crippen LogP contribution in [0, 0.1) is 17.2 Å². The molecule has 142 valence electrons. The zero-order chi connectivity index (χ0) is 18.9. The molecule has 0 spiro atoms. The summed E-state index contributed by atoms with van der Waals surface area (Å²) in [5, 5.41) is 18.9. The van der Waals surface area contributed by atoms with Gasteiger partial charge < -0.3 is 19.5 Å². The number of β-amino-alcohol motifs (C(OH)–C–C–N with tert-alkyl or cyclic N) is 1. The number of piperazine rings is 1. The van der Waals surface area contributed by atoms with Crippen LogP contribution >= 0.6 is 0 Å². The number of aliphatic hydroxyl groups excluding tert-OH is 1. The SMILES string of the molecule is CC(C)COC(=O)N1CCN(CC(O)COc2ccc(C#N)cc2)CC1. The molecule has 0 aliphatic carbocycles. The normalized spacial score (nSPS) is 16.2. The number of aliphatic hydroxyl groups is 1. The first-order valence-corrected chi connectivity index (χ1v) is 8.93. The van der Waals surface area contributed by atoms with E-state index in [1.807, 2.05) is 19.9 Å². The summed E-state index contributed by atoms with van der Waals surface area (Å²) in [6.45, 7) is 7.72. The standard InChI is InChI=1S/C19H27N3O4/c1-15(2)13-26-19(24)22-9-7-21(8-10-22)12-17(23)14-25-18-5-3-16(11-20)4-6-18/h3-6,15,17,23H,7-10,12-14H2,1-2H3. The average molecular weight is 361 g/mol. The first kappa shape index (κ1) is 20.0. The summed E-state index contributed by atoms with van der Waals surface area (Å²) < 4.78 is 10.8. The summed E-state index contributed by atoms with van der Waals surface area (Å²) >= 11 is 0. The van der Waals surface area contributed by atoms with Gasteiger partial charge in [0.15, 0.2) is 0 Å². The molecule has 0 radical (unpaired) electrons. The fourth-order valence-corrected chi connectivity index (χ4v) is 2.61. The predicted molar refractivity (Wildman–Crippen MR) is 96.9 cm³/mol. The maximum atomic E-state index is 11.9. The van der Waals surface area contributed by atoms with Gasteiger partial charge in [0.25, 0.3) is 0 Å². The summed E-state index contributed by atoms with van der Waals surface area (Å²) in [5.41, 5.74) is 0.572. The molecule has 1 fully saturated rings. The van der Waals surface area contributed by atoms with Crippen LogP contribution < -0.4 is 4.74 Å². The molecule has 1 amide bonds. The van der Waals surface area contributed by atoms with E-state index in [0.29, 0.717) is 56.6 Å². The predicted octanol–water partition coefficient (Wildman–Crippen LogP) is 1.71. The molecule has 0 saturated carbocycles. The van der Waals surface area contributed by atoms with E-state index in [1.165, 1.54) is 0 Å². The van der Waals surface area contributed by atoms with Crippen molar-refractivity contribution in [3.63, 3.8) is 0 Å². The molecule has 26 heavy (non-hydrogen) atoms. The molecule has 1 aliphatic rings. The Hall–Kier alpha value is -2.30. The molecule has 7 heteroatoms. The Bertz CT molecular complexity index is 604. The van der Waals surface area contributed by atoms with Crippen molar-refractivity contribution in [2.75, 3.05) is 45.9 Å². The van der Waals surface area contributed by atoms with Gasteiger partial charge in [-0.05, 0) is 30.2 Å². The highest BCUT2D eigenvalue weighted by Gasteiger charge is 2.23. The lowest BCUT2D eigenvalue weighted by Crippen LogP contribution is -2.51. The zero-order valence-electron chi connectivity index (χ0n) is 15.4.